The Morgan fingerprint density at radius 1 is 1.08 bits per heavy atom. The van der Waals surface area contributed by atoms with Crippen molar-refractivity contribution >= 4 is 26.7 Å². The standard InChI is InChI=1S/C19H24N2O3S/c1-21(14-19(22)20-17-9-3-2-4-10-17)25(23,24)18-12-11-15-7-5-6-8-16(15)13-18/h5-8,11-13,17H,2-4,9-10,14H2,1H3,(H,20,22). The van der Waals surface area contributed by atoms with E-state index >= 15 is 0 Å². The van der Waals surface area contributed by atoms with E-state index in [4.69, 9.17) is 0 Å². The van der Waals surface area contributed by atoms with Gasteiger partial charge in [0.15, 0.2) is 0 Å². The van der Waals surface area contributed by atoms with E-state index in [1.54, 1.807) is 18.2 Å². The minimum atomic E-state index is -3.69. The zero-order valence-electron chi connectivity index (χ0n) is 14.4. The molecule has 1 aliphatic rings. The molecule has 0 saturated heterocycles. The molecule has 1 amide bonds. The first kappa shape index (κ1) is 17.9. The second-order valence-electron chi connectivity index (χ2n) is 6.67. The van der Waals surface area contributed by atoms with Crippen LogP contribution in [0.5, 0.6) is 0 Å². The fourth-order valence-electron chi connectivity index (χ4n) is 3.32. The Kier molecular flexibility index (Phi) is 5.39. The molecule has 0 heterocycles. The SMILES string of the molecule is CN(CC(=O)NC1CCCCC1)S(=O)(=O)c1ccc2ccccc2c1. The number of carbonyl (C=O) groups excluding carboxylic acids is 1. The maximum Gasteiger partial charge on any atom is 0.243 e. The van der Waals surface area contributed by atoms with Crippen molar-refractivity contribution in [3.63, 3.8) is 0 Å². The van der Waals surface area contributed by atoms with Crippen LogP contribution < -0.4 is 5.32 Å². The molecule has 0 unspecified atom stereocenters. The minimum absolute atomic E-state index is 0.161. The molecule has 134 valence electrons. The smallest absolute Gasteiger partial charge is 0.243 e. The lowest BCUT2D eigenvalue weighted by atomic mass is 9.95. The summed E-state index contributed by atoms with van der Waals surface area (Å²) in [5.41, 5.74) is 0. The van der Waals surface area contributed by atoms with E-state index in [1.165, 1.54) is 13.5 Å². The minimum Gasteiger partial charge on any atom is -0.352 e. The summed E-state index contributed by atoms with van der Waals surface area (Å²) in [6.07, 6.45) is 5.41. The molecule has 0 spiro atoms. The van der Waals surface area contributed by atoms with E-state index in [-0.39, 0.29) is 23.4 Å². The summed E-state index contributed by atoms with van der Waals surface area (Å²) in [5.74, 6) is -0.237. The average molecular weight is 360 g/mol. The van der Waals surface area contributed by atoms with Crippen LogP contribution in [-0.4, -0.2) is 38.3 Å². The third-order valence-electron chi connectivity index (χ3n) is 4.77. The molecule has 2 aromatic rings. The van der Waals surface area contributed by atoms with Crippen LogP contribution in [0.4, 0.5) is 0 Å². The summed E-state index contributed by atoms with van der Waals surface area (Å²) in [4.78, 5) is 12.4. The van der Waals surface area contributed by atoms with Gasteiger partial charge in [-0.05, 0) is 35.7 Å². The Bertz CT molecular complexity index is 858. The molecule has 3 rings (SSSR count). The Hall–Kier alpha value is -1.92. The van der Waals surface area contributed by atoms with Gasteiger partial charge in [0.25, 0.3) is 0 Å². The quantitative estimate of drug-likeness (QED) is 0.891. The fourth-order valence-corrected chi connectivity index (χ4v) is 4.48. The average Bonchev–Trinajstić information content (AvgIpc) is 2.62. The third kappa shape index (κ3) is 4.19. The Balaban J connectivity index is 1.70. The summed E-state index contributed by atoms with van der Waals surface area (Å²) in [5, 5.41) is 4.81. The molecule has 1 saturated carbocycles. The highest BCUT2D eigenvalue weighted by molar-refractivity contribution is 7.89. The zero-order chi connectivity index (χ0) is 17.9. The number of rotatable bonds is 5. The van der Waals surface area contributed by atoms with Gasteiger partial charge in [0.2, 0.25) is 15.9 Å². The van der Waals surface area contributed by atoms with Gasteiger partial charge in [-0.2, -0.15) is 4.31 Å². The topological polar surface area (TPSA) is 66.5 Å². The van der Waals surface area contributed by atoms with E-state index in [9.17, 15) is 13.2 Å². The van der Waals surface area contributed by atoms with E-state index in [0.717, 1.165) is 40.8 Å². The number of amides is 1. The molecule has 1 N–H and O–H groups in total. The van der Waals surface area contributed by atoms with Crippen molar-refractivity contribution in [1.29, 1.82) is 0 Å². The van der Waals surface area contributed by atoms with E-state index in [1.807, 2.05) is 24.3 Å². The number of hydrogen-bond donors (Lipinski definition) is 1. The lowest BCUT2D eigenvalue weighted by Gasteiger charge is -2.24. The summed E-state index contributed by atoms with van der Waals surface area (Å²) >= 11 is 0. The molecular weight excluding hydrogens is 336 g/mol. The summed E-state index contributed by atoms with van der Waals surface area (Å²) in [6.45, 7) is -0.161. The number of benzene rings is 2. The van der Waals surface area contributed by atoms with Crippen LogP contribution in [-0.2, 0) is 14.8 Å². The third-order valence-corrected chi connectivity index (χ3v) is 6.57. The van der Waals surface area contributed by atoms with Crippen LogP contribution in [0, 0.1) is 0 Å². The number of carbonyl (C=O) groups is 1. The first-order valence-electron chi connectivity index (χ1n) is 8.71. The van der Waals surface area contributed by atoms with Crippen LogP contribution in [0.15, 0.2) is 47.4 Å². The summed E-state index contributed by atoms with van der Waals surface area (Å²) in [7, 11) is -2.24. The fraction of sp³-hybridized carbons (Fsp3) is 0.421. The zero-order valence-corrected chi connectivity index (χ0v) is 15.3. The van der Waals surface area contributed by atoms with Crippen LogP contribution >= 0.6 is 0 Å². The second kappa shape index (κ2) is 7.54. The van der Waals surface area contributed by atoms with Crippen molar-refractivity contribution in [2.45, 2.75) is 43.0 Å². The Morgan fingerprint density at radius 2 is 1.76 bits per heavy atom. The van der Waals surface area contributed by atoms with Gasteiger partial charge in [0, 0.05) is 13.1 Å². The predicted octanol–water partition coefficient (Wildman–Crippen LogP) is 2.91. The van der Waals surface area contributed by atoms with Crippen LogP contribution in [0.25, 0.3) is 10.8 Å². The predicted molar refractivity (Wildman–Crippen MR) is 98.8 cm³/mol. The van der Waals surface area contributed by atoms with Crippen molar-refractivity contribution in [2.75, 3.05) is 13.6 Å². The van der Waals surface area contributed by atoms with Crippen molar-refractivity contribution in [3.05, 3.63) is 42.5 Å². The first-order valence-corrected chi connectivity index (χ1v) is 10.2. The maximum atomic E-state index is 12.7. The molecule has 6 heteroatoms. The summed E-state index contributed by atoms with van der Waals surface area (Å²) in [6, 6.07) is 12.8. The van der Waals surface area contributed by atoms with Crippen molar-refractivity contribution in [3.8, 4) is 0 Å². The van der Waals surface area contributed by atoms with Gasteiger partial charge in [-0.15, -0.1) is 0 Å². The first-order chi connectivity index (χ1) is 12.0. The number of likely N-dealkylation sites (N-methyl/N-ethyl adjacent to an activating group) is 1. The van der Waals surface area contributed by atoms with Crippen molar-refractivity contribution < 1.29 is 13.2 Å². The normalized spacial score (nSPS) is 16.2. The molecule has 1 fully saturated rings. The molecule has 1 aliphatic carbocycles. The van der Waals surface area contributed by atoms with Gasteiger partial charge in [-0.1, -0.05) is 49.6 Å². The Morgan fingerprint density at radius 3 is 2.48 bits per heavy atom. The van der Waals surface area contributed by atoms with Gasteiger partial charge >= 0.3 is 0 Å². The molecule has 0 radical (unpaired) electrons. The highest BCUT2D eigenvalue weighted by Gasteiger charge is 2.24. The van der Waals surface area contributed by atoms with E-state index in [2.05, 4.69) is 5.32 Å². The molecule has 0 bridgehead atoms. The highest BCUT2D eigenvalue weighted by Crippen LogP contribution is 2.21. The van der Waals surface area contributed by atoms with Gasteiger partial charge in [-0.3, -0.25) is 4.79 Å². The lowest BCUT2D eigenvalue weighted by molar-refractivity contribution is -0.122. The maximum absolute atomic E-state index is 12.7. The molecule has 0 aliphatic heterocycles. The van der Waals surface area contributed by atoms with Crippen molar-refractivity contribution in [2.24, 2.45) is 0 Å². The monoisotopic (exact) mass is 360 g/mol. The number of hydrogen-bond acceptors (Lipinski definition) is 3. The number of nitrogens with one attached hydrogen (secondary N) is 1. The molecule has 0 atom stereocenters. The highest BCUT2D eigenvalue weighted by atomic mass is 32.2. The molecule has 25 heavy (non-hydrogen) atoms. The summed E-state index contributed by atoms with van der Waals surface area (Å²) < 4.78 is 26.6. The molecular formula is C19H24N2O3S. The van der Waals surface area contributed by atoms with E-state index < -0.39 is 10.0 Å². The van der Waals surface area contributed by atoms with Crippen LogP contribution in [0.1, 0.15) is 32.1 Å². The molecule has 2 aromatic carbocycles. The van der Waals surface area contributed by atoms with Gasteiger partial charge in [0.05, 0.1) is 11.4 Å². The van der Waals surface area contributed by atoms with Gasteiger partial charge in [-0.25, -0.2) is 8.42 Å². The van der Waals surface area contributed by atoms with Crippen LogP contribution in [0.3, 0.4) is 0 Å². The van der Waals surface area contributed by atoms with Crippen molar-refractivity contribution in [1.82, 2.24) is 9.62 Å². The lowest BCUT2D eigenvalue weighted by Crippen LogP contribution is -2.43. The Labute approximate surface area is 149 Å². The van der Waals surface area contributed by atoms with Gasteiger partial charge in [0.1, 0.15) is 0 Å². The van der Waals surface area contributed by atoms with Crippen LogP contribution in [0.2, 0.25) is 0 Å². The number of nitrogens with zero attached hydrogens (tertiary/aromatic N) is 1. The molecule has 0 aromatic heterocycles. The van der Waals surface area contributed by atoms with E-state index in [0.29, 0.717) is 0 Å². The second-order valence-corrected chi connectivity index (χ2v) is 8.72. The number of sulfonamides is 1. The largest absolute Gasteiger partial charge is 0.352 e. The molecule has 5 nitrogen and oxygen atoms in total. The van der Waals surface area contributed by atoms with Gasteiger partial charge < -0.3 is 5.32 Å². The number of fused-ring (bicyclic) bond motifs is 1.